The van der Waals surface area contributed by atoms with Gasteiger partial charge < -0.3 is 31.2 Å². The third kappa shape index (κ3) is 7.69. The minimum absolute atomic E-state index is 0. The van der Waals surface area contributed by atoms with E-state index in [1.54, 1.807) is 20.8 Å². The van der Waals surface area contributed by atoms with E-state index in [0.29, 0.717) is 5.56 Å². The molecule has 7 nitrogen and oxygen atoms in total. The number of halogens is 8. The molecule has 0 unspecified atom stereocenters. The molecule has 0 spiro atoms. The highest BCUT2D eigenvalue weighted by molar-refractivity contribution is 5.70. The number of aromatic amines is 1. The molecule has 1 aromatic carbocycles. The maximum Gasteiger partial charge on any atom is 0.567 e. The highest BCUT2D eigenvalue weighted by atomic mass is 79.9. The van der Waals surface area contributed by atoms with Crippen LogP contribution in [-0.4, -0.2) is 37.3 Å². The van der Waals surface area contributed by atoms with Gasteiger partial charge in [0.25, 0.3) is 0 Å². The van der Waals surface area contributed by atoms with Crippen molar-refractivity contribution in [2.24, 2.45) is 0 Å². The Hall–Kier alpha value is -3.10. The van der Waals surface area contributed by atoms with E-state index >= 15 is 0 Å². The van der Waals surface area contributed by atoms with Gasteiger partial charge in [0.05, 0.1) is 17.9 Å². The number of alkyl halides is 6. The van der Waals surface area contributed by atoms with E-state index in [9.17, 15) is 35.5 Å². The fourth-order valence-electron chi connectivity index (χ4n) is 3.35. The molecular formula is C22H23BrF7N5O2. The molecule has 1 N–H and O–H groups in total. The number of carbonyl (C=O) groups excluding carboxylic acids is 1. The number of nitrogens with zero attached hydrogens (tertiary/aromatic N) is 4. The van der Waals surface area contributed by atoms with Crippen molar-refractivity contribution in [2.45, 2.75) is 51.9 Å². The van der Waals surface area contributed by atoms with E-state index in [0.717, 1.165) is 29.2 Å². The molecule has 0 aliphatic carbocycles. The average Bonchev–Trinajstić information content (AvgIpc) is 3.41. The number of hydrogen-bond acceptors (Lipinski definition) is 3. The molecule has 0 saturated heterocycles. The smallest absolute Gasteiger partial charge is 0.567 e. The fraction of sp³-hybridized carbons (Fsp3) is 0.409. The number of benzene rings is 1. The zero-order chi connectivity index (χ0) is 26.9. The van der Waals surface area contributed by atoms with Crippen LogP contribution >= 0.6 is 0 Å². The van der Waals surface area contributed by atoms with Gasteiger partial charge in [0.1, 0.15) is 23.8 Å². The van der Waals surface area contributed by atoms with Crippen LogP contribution in [0.2, 0.25) is 0 Å². The SMILES string of the molecule is CC(C)(C)OC(=O)N1CCn2c(C(F)(F)F)nc(-c3ccc(F)cc3)c2C1.FC(F)(F)n1cc[nH+]c1.[Br-]. The summed E-state index contributed by atoms with van der Waals surface area (Å²) < 4.78 is 94.6. The molecule has 15 heteroatoms. The molecule has 37 heavy (non-hydrogen) atoms. The second-order valence-corrected chi connectivity index (χ2v) is 8.78. The summed E-state index contributed by atoms with van der Waals surface area (Å²) in [6, 6.07) is 5.04. The largest absolute Gasteiger partial charge is 1.00 e. The molecule has 0 fully saturated rings. The summed E-state index contributed by atoms with van der Waals surface area (Å²) in [6.45, 7) is 5.08. The van der Waals surface area contributed by atoms with Crippen molar-refractivity contribution in [3.05, 3.63) is 60.3 Å². The summed E-state index contributed by atoms with van der Waals surface area (Å²) in [5, 5.41) is 0. The van der Waals surface area contributed by atoms with E-state index in [4.69, 9.17) is 4.74 Å². The molecule has 0 saturated carbocycles. The van der Waals surface area contributed by atoms with E-state index in [1.807, 2.05) is 0 Å². The highest BCUT2D eigenvalue weighted by Crippen LogP contribution is 2.36. The van der Waals surface area contributed by atoms with Crippen LogP contribution in [0, 0.1) is 5.82 Å². The van der Waals surface area contributed by atoms with Crippen LogP contribution < -0.4 is 22.0 Å². The molecule has 1 amide bonds. The Morgan fingerprint density at radius 1 is 1.03 bits per heavy atom. The second kappa shape index (κ2) is 11.1. The van der Waals surface area contributed by atoms with Gasteiger partial charge in [-0.1, -0.05) is 0 Å². The Bertz CT molecular complexity index is 1180. The molecule has 1 aliphatic rings. The van der Waals surface area contributed by atoms with Crippen molar-refractivity contribution in [2.75, 3.05) is 6.54 Å². The van der Waals surface area contributed by atoms with Gasteiger partial charge in [-0.3, -0.25) is 0 Å². The summed E-state index contributed by atoms with van der Waals surface area (Å²) in [5.41, 5.74) is -0.0468. The number of H-pyrrole nitrogens is 1. The maximum absolute atomic E-state index is 13.4. The average molecular weight is 602 g/mol. The van der Waals surface area contributed by atoms with E-state index in [-0.39, 0.29) is 52.6 Å². The topological polar surface area (TPSA) is 66.4 Å². The fourth-order valence-corrected chi connectivity index (χ4v) is 3.35. The van der Waals surface area contributed by atoms with E-state index < -0.39 is 35.8 Å². The van der Waals surface area contributed by atoms with Gasteiger partial charge in [0, 0.05) is 18.7 Å². The molecule has 0 atom stereocenters. The molecule has 2 aromatic heterocycles. The summed E-state index contributed by atoms with van der Waals surface area (Å²) in [7, 11) is 0. The first-order valence-electron chi connectivity index (χ1n) is 10.6. The molecule has 0 bridgehead atoms. The minimum atomic E-state index is -4.64. The van der Waals surface area contributed by atoms with Crippen molar-refractivity contribution in [1.82, 2.24) is 19.0 Å². The molecule has 3 heterocycles. The number of imidazole rings is 2. The molecular weight excluding hydrogens is 579 g/mol. The zero-order valence-electron chi connectivity index (χ0n) is 19.8. The first-order chi connectivity index (χ1) is 16.6. The molecule has 3 aromatic rings. The predicted octanol–water partition coefficient (Wildman–Crippen LogP) is 2.24. The number of ether oxygens (including phenoxy) is 1. The lowest BCUT2D eigenvalue weighted by atomic mass is 10.1. The predicted molar refractivity (Wildman–Crippen MR) is 112 cm³/mol. The standard InChI is InChI=1S/C18H19F4N3O2.C4H3F3N2.BrH/c1-17(2,3)27-16(26)24-8-9-25-13(10-24)14(23-15(25)18(20,21)22)11-4-6-12(19)7-5-11;5-4(6,7)9-2-1-8-3-9;/h4-7H,8-10H2,1-3H3;1-3H;1H. The van der Waals surface area contributed by atoms with Gasteiger partial charge in [-0.2, -0.15) is 13.2 Å². The second-order valence-electron chi connectivity index (χ2n) is 8.78. The van der Waals surface area contributed by atoms with Crippen molar-refractivity contribution in [3.8, 4) is 11.3 Å². The number of carbonyl (C=O) groups is 1. The highest BCUT2D eigenvalue weighted by Gasteiger charge is 2.41. The van der Waals surface area contributed by atoms with Crippen LogP contribution in [0.15, 0.2) is 43.0 Å². The van der Waals surface area contributed by atoms with Crippen LogP contribution in [0.4, 0.5) is 35.5 Å². The zero-order valence-corrected chi connectivity index (χ0v) is 21.4. The normalized spacial score (nSPS) is 13.7. The summed E-state index contributed by atoms with van der Waals surface area (Å²) in [6.07, 6.45) is -6.59. The van der Waals surface area contributed by atoms with Crippen LogP contribution in [0.25, 0.3) is 11.3 Å². The van der Waals surface area contributed by atoms with Crippen LogP contribution in [0.1, 0.15) is 32.3 Å². The van der Waals surface area contributed by atoms with Gasteiger partial charge in [0.2, 0.25) is 12.2 Å². The molecule has 0 radical (unpaired) electrons. The van der Waals surface area contributed by atoms with E-state index in [1.165, 1.54) is 23.2 Å². The molecule has 4 rings (SSSR count). The monoisotopic (exact) mass is 601 g/mol. The summed E-state index contributed by atoms with van der Waals surface area (Å²) >= 11 is 0. The Labute approximate surface area is 217 Å². The third-order valence-electron chi connectivity index (χ3n) is 4.87. The van der Waals surface area contributed by atoms with Gasteiger partial charge in [-0.05, 0) is 45.0 Å². The van der Waals surface area contributed by atoms with Crippen LogP contribution in [0.5, 0.6) is 0 Å². The molecule has 1 aliphatic heterocycles. The number of nitrogens with one attached hydrogen (secondary N) is 1. The molecule has 204 valence electrons. The Morgan fingerprint density at radius 3 is 2.11 bits per heavy atom. The summed E-state index contributed by atoms with van der Waals surface area (Å²) in [5.74, 6) is -1.53. The van der Waals surface area contributed by atoms with Crippen LogP contribution in [0.3, 0.4) is 0 Å². The third-order valence-corrected chi connectivity index (χ3v) is 4.87. The van der Waals surface area contributed by atoms with Crippen molar-refractivity contribution in [3.63, 3.8) is 0 Å². The van der Waals surface area contributed by atoms with Gasteiger partial charge in [-0.15, -0.1) is 17.7 Å². The number of aromatic nitrogens is 4. The van der Waals surface area contributed by atoms with Crippen molar-refractivity contribution < 1.29 is 62.2 Å². The first-order valence-corrected chi connectivity index (χ1v) is 10.6. The quantitative estimate of drug-likeness (QED) is 0.402. The van der Waals surface area contributed by atoms with E-state index in [2.05, 4.69) is 9.97 Å². The lowest BCUT2D eigenvalue weighted by molar-refractivity contribution is -0.382. The van der Waals surface area contributed by atoms with Gasteiger partial charge >= 0.3 is 18.6 Å². The Kier molecular flexibility index (Phi) is 9.04. The Morgan fingerprint density at radius 2 is 1.65 bits per heavy atom. The number of rotatable bonds is 1. The number of hydrogen-bond donors (Lipinski definition) is 0. The first kappa shape index (κ1) is 30.1. The summed E-state index contributed by atoms with van der Waals surface area (Å²) in [4.78, 5) is 19.7. The minimum Gasteiger partial charge on any atom is -1.00 e. The number of amides is 1. The van der Waals surface area contributed by atoms with Gasteiger partial charge in [0.15, 0.2) is 0 Å². The Balaban J connectivity index is 0.000000408. The number of fused-ring (bicyclic) bond motifs is 1. The lowest BCUT2D eigenvalue weighted by Gasteiger charge is -2.31. The van der Waals surface area contributed by atoms with Gasteiger partial charge in [-0.25, -0.2) is 19.2 Å². The lowest BCUT2D eigenvalue weighted by Crippen LogP contribution is -3.00. The van der Waals surface area contributed by atoms with Crippen LogP contribution in [-0.2, 0) is 30.3 Å². The van der Waals surface area contributed by atoms with Crippen molar-refractivity contribution >= 4 is 6.09 Å². The van der Waals surface area contributed by atoms with Crippen molar-refractivity contribution in [1.29, 1.82) is 0 Å². The maximum atomic E-state index is 13.4.